The van der Waals surface area contributed by atoms with Gasteiger partial charge in [-0.2, -0.15) is 5.10 Å². The van der Waals surface area contributed by atoms with Crippen molar-refractivity contribution in [1.29, 1.82) is 0 Å². The summed E-state index contributed by atoms with van der Waals surface area (Å²) >= 11 is 0. The lowest BCUT2D eigenvalue weighted by Crippen LogP contribution is -2.27. The predicted octanol–water partition coefficient (Wildman–Crippen LogP) is 4.01. The molecule has 32 heavy (non-hydrogen) atoms. The normalized spacial score (nSPS) is 14.6. The molecule has 7 nitrogen and oxygen atoms in total. The van der Waals surface area contributed by atoms with Gasteiger partial charge in [0.25, 0.3) is 0 Å². The van der Waals surface area contributed by atoms with Gasteiger partial charge in [0.15, 0.2) is 11.5 Å². The average molecular weight is 434 g/mol. The molecule has 4 aromatic rings. The van der Waals surface area contributed by atoms with Gasteiger partial charge in [-0.1, -0.05) is 25.1 Å². The summed E-state index contributed by atoms with van der Waals surface area (Å²) in [4.78, 5) is 25.9. The zero-order valence-corrected chi connectivity index (χ0v) is 17.8. The molecule has 5 rings (SSSR count). The Labute approximate surface area is 182 Å². The van der Waals surface area contributed by atoms with Crippen LogP contribution in [0.25, 0.3) is 22.6 Å². The molecule has 0 unspecified atom stereocenters. The highest BCUT2D eigenvalue weighted by Gasteiger charge is 2.42. The number of aromatic nitrogens is 5. The molecule has 0 saturated heterocycles. The van der Waals surface area contributed by atoms with Crippen molar-refractivity contribution in [2.24, 2.45) is 0 Å². The fraction of sp³-hybridized carbons (Fsp3) is 0.261. The molecule has 0 spiro atoms. The van der Waals surface area contributed by atoms with E-state index in [1.165, 1.54) is 16.8 Å². The van der Waals surface area contributed by atoms with Crippen LogP contribution in [0.2, 0.25) is 0 Å². The largest absolute Gasteiger partial charge is 0.310 e. The molecule has 4 heterocycles. The number of carbonyl (C=O) groups excluding carboxylic acids is 1. The summed E-state index contributed by atoms with van der Waals surface area (Å²) in [6.07, 6.45) is 1.67. The number of hydrogen-bond donors (Lipinski definition) is 1. The van der Waals surface area contributed by atoms with E-state index in [4.69, 9.17) is 0 Å². The Bertz CT molecular complexity index is 1400. The third kappa shape index (κ3) is 3.04. The van der Waals surface area contributed by atoms with Gasteiger partial charge in [-0.15, -0.1) is 0 Å². The maximum atomic E-state index is 14.2. The second-order valence-electron chi connectivity index (χ2n) is 8.27. The number of rotatable bonds is 4. The summed E-state index contributed by atoms with van der Waals surface area (Å²) < 4.78 is 29.8. The third-order valence-electron chi connectivity index (χ3n) is 5.79. The van der Waals surface area contributed by atoms with Crippen LogP contribution in [0.5, 0.6) is 0 Å². The summed E-state index contributed by atoms with van der Waals surface area (Å²) in [5.41, 5.74) is 1.85. The molecule has 0 radical (unpaired) electrons. The minimum atomic E-state index is -0.751. The lowest BCUT2D eigenvalue weighted by Gasteiger charge is -2.17. The van der Waals surface area contributed by atoms with E-state index in [1.807, 2.05) is 20.8 Å². The number of nitrogens with one attached hydrogen (secondary N) is 1. The number of pyridine rings is 1. The Balaban J connectivity index is 1.70. The number of aryl methyl sites for hydroxylation is 1. The van der Waals surface area contributed by atoms with E-state index in [9.17, 15) is 13.6 Å². The van der Waals surface area contributed by atoms with Crippen LogP contribution in [0.1, 0.15) is 37.6 Å². The van der Waals surface area contributed by atoms with Crippen molar-refractivity contribution in [2.75, 3.05) is 5.32 Å². The molecule has 0 atom stereocenters. The van der Waals surface area contributed by atoms with Crippen LogP contribution >= 0.6 is 0 Å². The molecule has 3 aromatic heterocycles. The van der Waals surface area contributed by atoms with Gasteiger partial charge >= 0.3 is 0 Å². The molecular weight excluding hydrogens is 414 g/mol. The Morgan fingerprint density at radius 1 is 1.16 bits per heavy atom. The zero-order chi connectivity index (χ0) is 22.6. The third-order valence-corrected chi connectivity index (χ3v) is 5.79. The van der Waals surface area contributed by atoms with Gasteiger partial charge in [0.2, 0.25) is 5.91 Å². The van der Waals surface area contributed by atoms with Gasteiger partial charge < -0.3 is 5.32 Å². The van der Waals surface area contributed by atoms with E-state index in [1.54, 1.807) is 18.2 Å². The highest BCUT2D eigenvalue weighted by atomic mass is 19.1. The fourth-order valence-corrected chi connectivity index (χ4v) is 4.09. The fourth-order valence-electron chi connectivity index (χ4n) is 4.09. The van der Waals surface area contributed by atoms with Gasteiger partial charge in [-0.3, -0.25) is 4.79 Å². The van der Waals surface area contributed by atoms with Crippen molar-refractivity contribution in [2.45, 2.75) is 39.2 Å². The number of anilines is 1. The van der Waals surface area contributed by atoms with Crippen molar-refractivity contribution in [1.82, 2.24) is 24.7 Å². The minimum Gasteiger partial charge on any atom is -0.310 e. The van der Waals surface area contributed by atoms with Crippen LogP contribution in [0.15, 0.2) is 36.5 Å². The van der Waals surface area contributed by atoms with Crippen LogP contribution in [0, 0.1) is 11.6 Å². The first kappa shape index (κ1) is 20.2. The summed E-state index contributed by atoms with van der Waals surface area (Å²) in [7, 11) is 0. The molecule has 0 bridgehead atoms. The van der Waals surface area contributed by atoms with E-state index >= 15 is 0 Å². The number of carbonyl (C=O) groups is 1. The maximum Gasteiger partial charge on any atom is 0.235 e. The second-order valence-corrected chi connectivity index (χ2v) is 8.27. The molecule has 1 aliphatic heterocycles. The lowest BCUT2D eigenvalue weighted by molar-refractivity contribution is -0.119. The lowest BCUT2D eigenvalue weighted by atomic mass is 9.85. The smallest absolute Gasteiger partial charge is 0.235 e. The first-order chi connectivity index (χ1) is 15.3. The molecule has 1 N–H and O–H groups in total. The SMILES string of the molecule is CCc1nc(-c2nn(Cc3ccccc3F)c3ncc(F)cc23)nc2c1C(C)(C)C(=O)N2. The molecule has 9 heteroatoms. The number of amides is 1. The molecule has 0 fully saturated rings. The molecule has 0 saturated carbocycles. The minimum absolute atomic E-state index is 0.108. The summed E-state index contributed by atoms with van der Waals surface area (Å²) in [6, 6.07) is 7.69. The summed E-state index contributed by atoms with van der Waals surface area (Å²) in [5.74, 6) is -0.370. The maximum absolute atomic E-state index is 14.2. The Morgan fingerprint density at radius 3 is 2.69 bits per heavy atom. The Morgan fingerprint density at radius 2 is 1.94 bits per heavy atom. The van der Waals surface area contributed by atoms with Crippen LogP contribution in [-0.2, 0) is 23.2 Å². The van der Waals surface area contributed by atoms with Crippen molar-refractivity contribution < 1.29 is 13.6 Å². The standard InChI is InChI=1S/C23H20F2N6O/c1-4-16-17-19(29-22(32)23(17,2)3)28-20(27-16)18-14-9-13(24)10-26-21(14)31(30-18)11-12-7-5-6-8-15(12)25/h5-10H,4,11H2,1-3H3,(H,27,28,29,32). The van der Waals surface area contributed by atoms with E-state index in [0.29, 0.717) is 34.5 Å². The zero-order valence-electron chi connectivity index (χ0n) is 17.8. The first-order valence-corrected chi connectivity index (χ1v) is 10.3. The average Bonchev–Trinajstić information content (AvgIpc) is 3.22. The first-order valence-electron chi connectivity index (χ1n) is 10.3. The molecule has 1 aliphatic rings. The summed E-state index contributed by atoms with van der Waals surface area (Å²) in [6.45, 7) is 5.71. The Hall–Kier alpha value is -3.75. The van der Waals surface area contributed by atoms with Gasteiger partial charge in [0.1, 0.15) is 23.1 Å². The van der Waals surface area contributed by atoms with Crippen molar-refractivity contribution in [3.63, 3.8) is 0 Å². The molecule has 0 aliphatic carbocycles. The van der Waals surface area contributed by atoms with Gasteiger partial charge in [0, 0.05) is 11.1 Å². The van der Waals surface area contributed by atoms with Gasteiger partial charge in [-0.25, -0.2) is 28.4 Å². The van der Waals surface area contributed by atoms with E-state index in [2.05, 4.69) is 25.4 Å². The molecule has 162 valence electrons. The van der Waals surface area contributed by atoms with Crippen LogP contribution in [-0.4, -0.2) is 30.6 Å². The quantitative estimate of drug-likeness (QED) is 0.525. The van der Waals surface area contributed by atoms with Crippen molar-refractivity contribution >= 4 is 22.8 Å². The van der Waals surface area contributed by atoms with E-state index in [0.717, 1.165) is 17.5 Å². The second kappa shape index (κ2) is 7.15. The summed E-state index contributed by atoms with van der Waals surface area (Å²) in [5, 5.41) is 7.81. The monoisotopic (exact) mass is 434 g/mol. The van der Waals surface area contributed by atoms with E-state index < -0.39 is 11.2 Å². The number of hydrogen-bond acceptors (Lipinski definition) is 5. The number of fused-ring (bicyclic) bond motifs is 2. The van der Waals surface area contributed by atoms with E-state index in [-0.39, 0.29) is 24.1 Å². The molecule has 1 aromatic carbocycles. The van der Waals surface area contributed by atoms with Crippen LogP contribution in [0.3, 0.4) is 0 Å². The number of benzene rings is 1. The molecular formula is C23H20F2N6O. The predicted molar refractivity (Wildman–Crippen MR) is 115 cm³/mol. The van der Waals surface area contributed by atoms with Gasteiger partial charge in [-0.05, 0) is 32.4 Å². The topological polar surface area (TPSA) is 85.6 Å². The molecule has 1 amide bonds. The van der Waals surface area contributed by atoms with Crippen LogP contribution < -0.4 is 5.32 Å². The van der Waals surface area contributed by atoms with Crippen molar-refractivity contribution in [3.8, 4) is 11.5 Å². The number of nitrogens with zero attached hydrogens (tertiary/aromatic N) is 5. The number of halogens is 2. The Kier molecular flexibility index (Phi) is 4.51. The van der Waals surface area contributed by atoms with Crippen molar-refractivity contribution in [3.05, 3.63) is 65.0 Å². The van der Waals surface area contributed by atoms with Gasteiger partial charge in [0.05, 0.1) is 29.2 Å². The highest BCUT2D eigenvalue weighted by Crippen LogP contribution is 2.39. The highest BCUT2D eigenvalue weighted by molar-refractivity contribution is 6.05. The van der Waals surface area contributed by atoms with Crippen LogP contribution in [0.4, 0.5) is 14.6 Å².